The minimum atomic E-state index is -1.79. The molecule has 23 heavy (non-hydrogen) atoms. The summed E-state index contributed by atoms with van der Waals surface area (Å²) in [5.41, 5.74) is -0.284. The van der Waals surface area contributed by atoms with Crippen molar-refractivity contribution in [1.82, 2.24) is 0 Å². The van der Waals surface area contributed by atoms with Gasteiger partial charge in [0.25, 0.3) is 0 Å². The Labute approximate surface area is 137 Å². The molecule has 5 N–H and O–H groups in total. The van der Waals surface area contributed by atoms with E-state index in [0.29, 0.717) is 0 Å². The van der Waals surface area contributed by atoms with Crippen molar-refractivity contribution in [3.63, 3.8) is 0 Å². The molecule has 0 saturated carbocycles. The van der Waals surface area contributed by atoms with Crippen LogP contribution < -0.4 is 0 Å². The highest BCUT2D eigenvalue weighted by Crippen LogP contribution is 2.22. The van der Waals surface area contributed by atoms with Gasteiger partial charge < -0.3 is 35.0 Å². The summed E-state index contributed by atoms with van der Waals surface area (Å²) >= 11 is 0. The van der Waals surface area contributed by atoms with Crippen LogP contribution in [-0.4, -0.2) is 68.8 Å². The molecular weight excluding hydrogens is 308 g/mol. The standard InChI is InChI=1S/C15H18O8/c16-7-10-12(19)13(20)14(21)15(22-10)23-11(18)6-3-8-1-4-9(17)5-2-8/h1-6,10,12-17,19-21H,7H2/b6-3+/t10-,12-,13+,14-,15+/m1/s1/i1D,2D,4D,5D. The molecule has 0 aliphatic carbocycles. The second-order valence-corrected chi connectivity index (χ2v) is 4.73. The highest BCUT2D eigenvalue weighted by atomic mass is 16.7. The summed E-state index contributed by atoms with van der Waals surface area (Å²) in [5, 5.41) is 47.6. The fraction of sp³-hybridized carbons (Fsp3) is 0.400. The molecule has 1 aromatic rings. The van der Waals surface area contributed by atoms with E-state index in [2.05, 4.69) is 0 Å². The number of aromatic hydroxyl groups is 1. The van der Waals surface area contributed by atoms with E-state index in [1.54, 1.807) is 0 Å². The van der Waals surface area contributed by atoms with E-state index in [1.165, 1.54) is 0 Å². The first-order chi connectivity index (χ1) is 12.6. The van der Waals surface area contributed by atoms with Gasteiger partial charge in [0, 0.05) is 6.08 Å². The molecule has 0 radical (unpaired) electrons. The summed E-state index contributed by atoms with van der Waals surface area (Å²) in [7, 11) is 0. The largest absolute Gasteiger partial charge is 0.508 e. The van der Waals surface area contributed by atoms with Gasteiger partial charge in [0.15, 0.2) is 0 Å². The van der Waals surface area contributed by atoms with Crippen molar-refractivity contribution in [2.24, 2.45) is 0 Å². The SMILES string of the molecule is [2H]c1c([2H])c(/C=C/C(=O)O[C@@H]2O[C@H](CO)[C@@H](O)[C@H](O)[C@H]2O)c([2H])c([2H])c1O. The lowest BCUT2D eigenvalue weighted by atomic mass is 9.99. The molecule has 1 aliphatic rings. The smallest absolute Gasteiger partial charge is 0.333 e. The van der Waals surface area contributed by atoms with E-state index < -0.39 is 73.2 Å². The number of phenolic OH excluding ortho intramolecular Hbond substituents is 1. The van der Waals surface area contributed by atoms with Crippen molar-refractivity contribution in [3.05, 3.63) is 35.8 Å². The molecule has 1 heterocycles. The molecule has 2 rings (SSSR count). The number of rotatable bonds is 4. The molecule has 0 amide bonds. The predicted octanol–water partition coefficient (Wildman–Crippen LogP) is -1.25. The fourth-order valence-corrected chi connectivity index (χ4v) is 1.87. The molecular formula is C15H18O8. The highest BCUT2D eigenvalue weighted by Gasteiger charge is 2.45. The van der Waals surface area contributed by atoms with Gasteiger partial charge in [-0.25, -0.2) is 4.79 Å². The van der Waals surface area contributed by atoms with Crippen LogP contribution in [0.3, 0.4) is 0 Å². The van der Waals surface area contributed by atoms with E-state index >= 15 is 0 Å². The minimum absolute atomic E-state index is 0.284. The monoisotopic (exact) mass is 330 g/mol. The number of carbonyl (C=O) groups excluding carboxylic acids is 1. The van der Waals surface area contributed by atoms with Crippen molar-refractivity contribution in [3.8, 4) is 5.75 Å². The number of aliphatic hydroxyl groups excluding tert-OH is 4. The maximum absolute atomic E-state index is 11.9. The maximum atomic E-state index is 11.9. The molecule has 126 valence electrons. The van der Waals surface area contributed by atoms with Crippen LogP contribution in [-0.2, 0) is 14.3 Å². The van der Waals surface area contributed by atoms with E-state index in [9.17, 15) is 25.2 Å². The number of esters is 1. The van der Waals surface area contributed by atoms with Crippen LogP contribution >= 0.6 is 0 Å². The number of hydrogen-bond acceptors (Lipinski definition) is 8. The number of ether oxygens (including phenoxy) is 2. The first kappa shape index (κ1) is 12.5. The molecule has 1 aliphatic heterocycles. The third-order valence-corrected chi connectivity index (χ3v) is 3.10. The number of carbonyl (C=O) groups is 1. The van der Waals surface area contributed by atoms with Crippen molar-refractivity contribution in [2.45, 2.75) is 30.7 Å². The average molecular weight is 330 g/mol. The number of aliphatic hydroxyl groups is 4. The van der Waals surface area contributed by atoms with Crippen LogP contribution in [0, 0.1) is 0 Å². The Bertz CT molecular complexity index is 725. The summed E-state index contributed by atoms with van der Waals surface area (Å²) in [5.74, 6) is -1.95. The van der Waals surface area contributed by atoms with Crippen molar-refractivity contribution >= 4 is 12.0 Å². The van der Waals surface area contributed by atoms with E-state index in [4.69, 9.17) is 20.1 Å². The molecule has 5 atom stereocenters. The Morgan fingerprint density at radius 2 is 1.87 bits per heavy atom. The molecule has 8 heteroatoms. The average Bonchev–Trinajstić information content (AvgIpc) is 2.65. The van der Waals surface area contributed by atoms with Gasteiger partial charge in [-0.15, -0.1) is 0 Å². The summed E-state index contributed by atoms with van der Waals surface area (Å²) in [6.45, 7) is -0.703. The van der Waals surface area contributed by atoms with Crippen LogP contribution in [0.4, 0.5) is 0 Å². The predicted molar refractivity (Wildman–Crippen MR) is 77.0 cm³/mol. The van der Waals surface area contributed by atoms with Gasteiger partial charge in [-0.05, 0) is 23.7 Å². The number of hydrogen-bond donors (Lipinski definition) is 5. The lowest BCUT2D eigenvalue weighted by molar-refractivity contribution is -0.291. The van der Waals surface area contributed by atoms with Crippen LogP contribution in [0.5, 0.6) is 5.75 Å². The van der Waals surface area contributed by atoms with Crippen molar-refractivity contribution < 1.29 is 45.3 Å². The first-order valence-electron chi connectivity index (χ1n) is 8.58. The quantitative estimate of drug-likeness (QED) is 0.341. The molecule has 1 aromatic carbocycles. The second kappa shape index (κ2) is 7.53. The Morgan fingerprint density at radius 1 is 1.22 bits per heavy atom. The topological polar surface area (TPSA) is 137 Å². The summed E-state index contributed by atoms with van der Waals surface area (Å²) < 4.78 is 40.2. The first-order valence-corrected chi connectivity index (χ1v) is 6.58. The van der Waals surface area contributed by atoms with Crippen LogP contribution in [0.2, 0.25) is 0 Å². The molecule has 0 unspecified atom stereocenters. The van der Waals surface area contributed by atoms with Gasteiger partial charge in [-0.2, -0.15) is 0 Å². The summed E-state index contributed by atoms with van der Waals surface area (Å²) in [6, 6.07) is -2.52. The number of benzene rings is 1. The van der Waals surface area contributed by atoms with E-state index in [-0.39, 0.29) is 5.56 Å². The molecule has 1 fully saturated rings. The van der Waals surface area contributed by atoms with E-state index in [1.807, 2.05) is 0 Å². The third-order valence-electron chi connectivity index (χ3n) is 3.10. The Hall–Kier alpha value is -1.97. The highest BCUT2D eigenvalue weighted by molar-refractivity contribution is 5.87. The van der Waals surface area contributed by atoms with Gasteiger partial charge in [0.05, 0.1) is 12.1 Å². The Kier molecular flexibility index (Phi) is 4.08. The van der Waals surface area contributed by atoms with Crippen molar-refractivity contribution in [2.75, 3.05) is 6.61 Å². The van der Waals surface area contributed by atoms with Crippen LogP contribution in [0.15, 0.2) is 30.2 Å². The minimum Gasteiger partial charge on any atom is -0.508 e. The molecule has 0 spiro atoms. The Balaban J connectivity index is 2.17. The van der Waals surface area contributed by atoms with Crippen molar-refractivity contribution in [1.29, 1.82) is 0 Å². The zero-order chi connectivity index (χ0) is 20.5. The zero-order valence-electron chi connectivity index (χ0n) is 15.7. The second-order valence-electron chi connectivity index (χ2n) is 4.73. The lowest BCUT2D eigenvalue weighted by Crippen LogP contribution is -2.59. The van der Waals surface area contributed by atoms with Crippen LogP contribution in [0.25, 0.3) is 6.08 Å². The summed E-state index contributed by atoms with van der Waals surface area (Å²) in [4.78, 5) is 11.9. The van der Waals surface area contributed by atoms with E-state index in [0.717, 1.165) is 12.2 Å². The molecule has 0 bridgehead atoms. The third kappa shape index (κ3) is 4.27. The fourth-order valence-electron chi connectivity index (χ4n) is 1.87. The zero-order valence-corrected chi connectivity index (χ0v) is 11.7. The lowest BCUT2D eigenvalue weighted by Gasteiger charge is -2.38. The van der Waals surface area contributed by atoms with Gasteiger partial charge in [0.1, 0.15) is 30.2 Å². The molecule has 1 saturated heterocycles. The summed E-state index contributed by atoms with van der Waals surface area (Å²) in [6.07, 6.45) is -6.43. The Morgan fingerprint density at radius 3 is 2.48 bits per heavy atom. The van der Waals surface area contributed by atoms with Gasteiger partial charge in [-0.3, -0.25) is 0 Å². The normalized spacial score (nSPS) is 33.7. The van der Waals surface area contributed by atoms with Gasteiger partial charge >= 0.3 is 5.97 Å². The molecule has 0 aromatic heterocycles. The van der Waals surface area contributed by atoms with Gasteiger partial charge in [0.2, 0.25) is 6.29 Å². The van der Waals surface area contributed by atoms with Gasteiger partial charge in [-0.1, -0.05) is 12.1 Å². The maximum Gasteiger partial charge on any atom is 0.333 e. The van der Waals surface area contributed by atoms with Crippen LogP contribution in [0.1, 0.15) is 11.0 Å². The molecule has 8 nitrogen and oxygen atoms in total. The number of phenols is 1.